The Balaban J connectivity index is 2.37. The molecule has 0 atom stereocenters. The standard InChI is InChI=1S/C14H16N4O3/c1-3-21-13(20)8-6(2)16-11-10(9(8)7-4-5-7)12(19)18-14(15)17-11/h7H,3-5H2,1-2H3,(H3,15,16,17,18,19). The highest BCUT2D eigenvalue weighted by atomic mass is 16.5. The molecule has 110 valence electrons. The maximum atomic E-state index is 12.2. The molecule has 3 N–H and O–H groups in total. The van der Waals surface area contributed by atoms with Crippen LogP contribution in [-0.2, 0) is 4.74 Å². The Morgan fingerprint density at radius 2 is 2.14 bits per heavy atom. The van der Waals surface area contributed by atoms with Gasteiger partial charge in [0.05, 0.1) is 23.3 Å². The largest absolute Gasteiger partial charge is 0.462 e. The van der Waals surface area contributed by atoms with Crippen LogP contribution < -0.4 is 11.3 Å². The zero-order valence-corrected chi connectivity index (χ0v) is 11.9. The number of nitrogens with zero attached hydrogens (tertiary/aromatic N) is 2. The summed E-state index contributed by atoms with van der Waals surface area (Å²) in [7, 11) is 0. The fourth-order valence-electron chi connectivity index (χ4n) is 2.58. The van der Waals surface area contributed by atoms with Crippen LogP contribution in [-0.4, -0.2) is 27.5 Å². The normalized spacial score (nSPS) is 14.4. The van der Waals surface area contributed by atoms with Gasteiger partial charge < -0.3 is 10.5 Å². The lowest BCUT2D eigenvalue weighted by Gasteiger charge is -2.13. The quantitative estimate of drug-likeness (QED) is 0.822. The maximum Gasteiger partial charge on any atom is 0.340 e. The van der Waals surface area contributed by atoms with Crippen molar-refractivity contribution in [3.63, 3.8) is 0 Å². The first-order valence-electron chi connectivity index (χ1n) is 6.90. The molecule has 0 aromatic carbocycles. The first kappa shape index (κ1) is 13.5. The number of hydrogen-bond acceptors (Lipinski definition) is 6. The number of nitrogens with one attached hydrogen (secondary N) is 1. The van der Waals surface area contributed by atoms with Crippen LogP contribution in [0.15, 0.2) is 4.79 Å². The Morgan fingerprint density at radius 3 is 2.76 bits per heavy atom. The van der Waals surface area contributed by atoms with Crippen molar-refractivity contribution >= 4 is 23.0 Å². The van der Waals surface area contributed by atoms with Gasteiger partial charge >= 0.3 is 5.97 Å². The van der Waals surface area contributed by atoms with Crippen LogP contribution in [0, 0.1) is 6.92 Å². The van der Waals surface area contributed by atoms with Crippen molar-refractivity contribution in [1.29, 1.82) is 0 Å². The van der Waals surface area contributed by atoms with E-state index >= 15 is 0 Å². The molecule has 0 saturated heterocycles. The third kappa shape index (κ3) is 2.24. The van der Waals surface area contributed by atoms with E-state index in [1.807, 2.05) is 0 Å². The van der Waals surface area contributed by atoms with Crippen molar-refractivity contribution in [1.82, 2.24) is 15.0 Å². The summed E-state index contributed by atoms with van der Waals surface area (Å²) < 4.78 is 5.10. The number of H-pyrrole nitrogens is 1. The fraction of sp³-hybridized carbons (Fsp3) is 0.429. The van der Waals surface area contributed by atoms with Crippen molar-refractivity contribution < 1.29 is 9.53 Å². The van der Waals surface area contributed by atoms with Crippen molar-refractivity contribution in [3.8, 4) is 0 Å². The molecule has 0 aliphatic heterocycles. The number of hydrogen-bond donors (Lipinski definition) is 2. The first-order chi connectivity index (χ1) is 10.0. The first-order valence-corrected chi connectivity index (χ1v) is 6.90. The highest BCUT2D eigenvalue weighted by Gasteiger charge is 2.33. The summed E-state index contributed by atoms with van der Waals surface area (Å²) >= 11 is 0. The van der Waals surface area contributed by atoms with Crippen molar-refractivity contribution in [2.45, 2.75) is 32.6 Å². The molecule has 2 heterocycles. The summed E-state index contributed by atoms with van der Waals surface area (Å²) in [4.78, 5) is 35.3. The minimum atomic E-state index is -0.442. The van der Waals surface area contributed by atoms with E-state index in [-0.39, 0.29) is 29.7 Å². The van der Waals surface area contributed by atoms with Crippen LogP contribution in [0.2, 0.25) is 0 Å². The highest BCUT2D eigenvalue weighted by molar-refractivity contribution is 5.98. The minimum Gasteiger partial charge on any atom is -0.462 e. The van der Waals surface area contributed by atoms with Crippen LogP contribution >= 0.6 is 0 Å². The number of nitrogen functional groups attached to an aromatic ring is 1. The van der Waals surface area contributed by atoms with Gasteiger partial charge in [0, 0.05) is 0 Å². The number of carbonyl (C=O) groups excluding carboxylic acids is 1. The Morgan fingerprint density at radius 1 is 1.43 bits per heavy atom. The molecule has 1 fully saturated rings. The van der Waals surface area contributed by atoms with Crippen molar-refractivity contribution in [2.75, 3.05) is 12.3 Å². The third-order valence-corrected chi connectivity index (χ3v) is 3.56. The molecule has 1 aliphatic carbocycles. The molecular formula is C14H16N4O3. The monoisotopic (exact) mass is 288 g/mol. The van der Waals surface area contributed by atoms with Gasteiger partial charge in [-0.2, -0.15) is 4.98 Å². The number of rotatable bonds is 3. The number of esters is 1. The van der Waals surface area contributed by atoms with E-state index in [4.69, 9.17) is 10.5 Å². The molecule has 3 rings (SSSR count). The average Bonchev–Trinajstić information content (AvgIpc) is 3.20. The van der Waals surface area contributed by atoms with Gasteiger partial charge in [0.2, 0.25) is 5.95 Å². The molecule has 0 amide bonds. The second-order valence-electron chi connectivity index (χ2n) is 5.13. The zero-order valence-electron chi connectivity index (χ0n) is 11.9. The van der Waals surface area contributed by atoms with Crippen LogP contribution in [0.25, 0.3) is 11.0 Å². The number of aromatic nitrogens is 3. The van der Waals surface area contributed by atoms with E-state index in [9.17, 15) is 9.59 Å². The van der Waals surface area contributed by atoms with Gasteiger partial charge in [0.25, 0.3) is 5.56 Å². The lowest BCUT2D eigenvalue weighted by atomic mass is 9.99. The smallest absolute Gasteiger partial charge is 0.340 e. The number of carbonyl (C=O) groups is 1. The molecule has 0 bridgehead atoms. The SMILES string of the molecule is CCOC(=O)c1c(C)nc2nc(N)[nH]c(=O)c2c1C1CC1. The van der Waals surface area contributed by atoms with Crippen molar-refractivity contribution in [3.05, 3.63) is 27.2 Å². The van der Waals surface area contributed by atoms with E-state index in [0.29, 0.717) is 22.2 Å². The summed E-state index contributed by atoms with van der Waals surface area (Å²) in [5.41, 5.74) is 7.09. The lowest BCUT2D eigenvalue weighted by molar-refractivity contribution is 0.0524. The summed E-state index contributed by atoms with van der Waals surface area (Å²) in [6.45, 7) is 3.74. The summed E-state index contributed by atoms with van der Waals surface area (Å²) in [6.07, 6.45) is 1.88. The Kier molecular flexibility index (Phi) is 3.12. The van der Waals surface area contributed by atoms with E-state index in [1.54, 1.807) is 13.8 Å². The number of nitrogens with two attached hydrogens (primary N) is 1. The summed E-state index contributed by atoms with van der Waals surface area (Å²) in [5, 5.41) is 0.348. The number of aromatic amines is 1. The molecular weight excluding hydrogens is 272 g/mol. The van der Waals surface area contributed by atoms with Gasteiger partial charge in [-0.3, -0.25) is 9.78 Å². The Labute approximate surface area is 120 Å². The number of fused-ring (bicyclic) bond motifs is 1. The molecule has 7 heteroatoms. The van der Waals surface area contributed by atoms with Gasteiger partial charge in [-0.25, -0.2) is 9.78 Å². The molecule has 1 aliphatic rings. The molecule has 0 unspecified atom stereocenters. The predicted octanol–water partition coefficient (Wildman–Crippen LogP) is 1.26. The molecule has 2 aromatic rings. The molecule has 2 aromatic heterocycles. The Hall–Kier alpha value is -2.44. The number of anilines is 1. The van der Waals surface area contributed by atoms with Gasteiger partial charge in [0.15, 0.2) is 5.65 Å². The number of pyridine rings is 1. The van der Waals surface area contributed by atoms with Crippen LogP contribution in [0.1, 0.15) is 47.3 Å². The summed E-state index contributed by atoms with van der Waals surface area (Å²) in [5.74, 6) is -0.243. The van der Waals surface area contributed by atoms with Gasteiger partial charge in [-0.1, -0.05) is 0 Å². The van der Waals surface area contributed by atoms with Crippen LogP contribution in [0.3, 0.4) is 0 Å². The average molecular weight is 288 g/mol. The lowest BCUT2D eigenvalue weighted by Crippen LogP contribution is -2.19. The van der Waals surface area contributed by atoms with E-state index in [2.05, 4.69) is 15.0 Å². The van der Waals surface area contributed by atoms with E-state index in [1.165, 1.54) is 0 Å². The molecule has 0 radical (unpaired) electrons. The minimum absolute atomic E-state index is 0.0185. The summed E-state index contributed by atoms with van der Waals surface area (Å²) in [6, 6.07) is 0. The topological polar surface area (TPSA) is 111 Å². The molecule has 21 heavy (non-hydrogen) atoms. The molecule has 1 saturated carbocycles. The number of aryl methyl sites for hydroxylation is 1. The maximum absolute atomic E-state index is 12.2. The number of ether oxygens (including phenoxy) is 1. The predicted molar refractivity (Wildman–Crippen MR) is 77.2 cm³/mol. The highest BCUT2D eigenvalue weighted by Crippen LogP contribution is 2.44. The van der Waals surface area contributed by atoms with E-state index < -0.39 is 5.97 Å². The second-order valence-corrected chi connectivity index (χ2v) is 5.13. The van der Waals surface area contributed by atoms with Crippen molar-refractivity contribution in [2.24, 2.45) is 0 Å². The third-order valence-electron chi connectivity index (χ3n) is 3.56. The fourth-order valence-corrected chi connectivity index (χ4v) is 2.58. The van der Waals surface area contributed by atoms with Crippen LogP contribution in [0.5, 0.6) is 0 Å². The van der Waals surface area contributed by atoms with Crippen LogP contribution in [0.4, 0.5) is 5.95 Å². The van der Waals surface area contributed by atoms with E-state index in [0.717, 1.165) is 12.8 Å². The molecule has 7 nitrogen and oxygen atoms in total. The van der Waals surface area contributed by atoms with Gasteiger partial charge in [-0.15, -0.1) is 0 Å². The van der Waals surface area contributed by atoms with Gasteiger partial charge in [-0.05, 0) is 38.2 Å². The van der Waals surface area contributed by atoms with Gasteiger partial charge in [0.1, 0.15) is 0 Å². The molecule has 0 spiro atoms. The Bertz CT molecular complexity index is 793. The second kappa shape index (κ2) is 4.83. The zero-order chi connectivity index (χ0) is 15.1.